The summed E-state index contributed by atoms with van der Waals surface area (Å²) in [5.74, 6) is -0.242. The summed E-state index contributed by atoms with van der Waals surface area (Å²) < 4.78 is 1.64. The normalized spacial score (nSPS) is 17.4. The molecule has 2 heterocycles. The summed E-state index contributed by atoms with van der Waals surface area (Å²) in [6, 6.07) is 11.4. The number of carbonyl (C=O) groups is 1. The van der Waals surface area contributed by atoms with Gasteiger partial charge < -0.3 is 19.5 Å². The number of hydrogen-bond donors (Lipinski definition) is 1. The largest absolute Gasteiger partial charge is 0.385 e. The number of carbonyl (C=O) groups excluding carboxylic acids is 1. The second kappa shape index (κ2) is 8.51. The monoisotopic (exact) mass is 397 g/mol. The summed E-state index contributed by atoms with van der Waals surface area (Å²) >= 11 is 0. The van der Waals surface area contributed by atoms with E-state index < -0.39 is 5.60 Å². The number of pyridine rings is 1. The van der Waals surface area contributed by atoms with E-state index in [-0.39, 0.29) is 23.1 Å². The molecule has 1 atom stereocenters. The van der Waals surface area contributed by atoms with Crippen molar-refractivity contribution < 1.29 is 9.90 Å². The summed E-state index contributed by atoms with van der Waals surface area (Å²) in [5, 5.41) is 11.0. The Morgan fingerprint density at radius 3 is 2.38 bits per heavy atom. The van der Waals surface area contributed by atoms with E-state index in [1.165, 1.54) is 0 Å². The molecular weight excluding hydrogens is 366 g/mol. The van der Waals surface area contributed by atoms with E-state index in [4.69, 9.17) is 0 Å². The molecule has 1 unspecified atom stereocenters. The van der Waals surface area contributed by atoms with Crippen molar-refractivity contribution in [3.05, 3.63) is 69.6 Å². The molecule has 0 aliphatic carbocycles. The third-order valence-corrected chi connectivity index (χ3v) is 5.83. The van der Waals surface area contributed by atoms with E-state index in [1.54, 1.807) is 22.6 Å². The van der Waals surface area contributed by atoms with Gasteiger partial charge in [0.05, 0.1) is 5.60 Å². The van der Waals surface area contributed by atoms with Gasteiger partial charge in [-0.15, -0.1) is 0 Å². The maximum atomic E-state index is 13.2. The Morgan fingerprint density at radius 2 is 1.79 bits per heavy atom. The van der Waals surface area contributed by atoms with Crippen LogP contribution >= 0.6 is 0 Å². The molecule has 3 rings (SSSR count). The number of benzene rings is 1. The Bertz CT molecular complexity index is 913. The van der Waals surface area contributed by atoms with E-state index in [9.17, 15) is 14.7 Å². The molecule has 0 radical (unpaired) electrons. The lowest BCUT2D eigenvalue weighted by molar-refractivity contribution is -0.0212. The number of hydrogen-bond acceptors (Lipinski definition) is 4. The third kappa shape index (κ3) is 4.43. The molecule has 6 nitrogen and oxygen atoms in total. The van der Waals surface area contributed by atoms with Crippen LogP contribution in [0.25, 0.3) is 0 Å². The molecule has 156 valence electrons. The zero-order valence-electron chi connectivity index (χ0n) is 17.8. The minimum atomic E-state index is -0.926. The Balaban J connectivity index is 1.80. The van der Waals surface area contributed by atoms with Crippen molar-refractivity contribution in [2.45, 2.75) is 38.3 Å². The van der Waals surface area contributed by atoms with Gasteiger partial charge in [-0.25, -0.2) is 0 Å². The molecule has 0 spiro atoms. The molecule has 1 aliphatic rings. The Labute approximate surface area is 172 Å². The number of nitrogens with zero attached hydrogens (tertiary/aromatic N) is 3. The van der Waals surface area contributed by atoms with Crippen LogP contribution in [0.15, 0.2) is 47.4 Å². The summed E-state index contributed by atoms with van der Waals surface area (Å²) in [7, 11) is 3.92. The highest BCUT2D eigenvalue weighted by Gasteiger charge is 2.36. The molecule has 1 saturated heterocycles. The van der Waals surface area contributed by atoms with E-state index in [0.29, 0.717) is 38.0 Å². The molecule has 1 N–H and O–H groups in total. The zero-order valence-corrected chi connectivity index (χ0v) is 17.8. The number of aliphatic hydroxyl groups is 1. The van der Waals surface area contributed by atoms with Crippen molar-refractivity contribution in [2.75, 3.05) is 33.7 Å². The molecule has 1 aliphatic heterocycles. The van der Waals surface area contributed by atoms with Crippen LogP contribution in [0.1, 0.15) is 47.3 Å². The van der Waals surface area contributed by atoms with Crippen molar-refractivity contribution >= 4 is 5.91 Å². The van der Waals surface area contributed by atoms with Gasteiger partial charge in [-0.3, -0.25) is 9.59 Å². The van der Waals surface area contributed by atoms with Crippen LogP contribution in [-0.4, -0.2) is 59.1 Å². The van der Waals surface area contributed by atoms with Gasteiger partial charge in [0.2, 0.25) is 0 Å². The fourth-order valence-corrected chi connectivity index (χ4v) is 4.14. The lowest BCUT2D eigenvalue weighted by Crippen LogP contribution is -2.47. The molecule has 0 bridgehead atoms. The molecular formula is C23H31N3O3. The molecule has 6 heteroatoms. The summed E-state index contributed by atoms with van der Waals surface area (Å²) in [6.07, 6.45) is 2.69. The smallest absolute Gasteiger partial charge is 0.263 e. The second-order valence-corrected chi connectivity index (χ2v) is 8.39. The number of amides is 1. The highest BCUT2D eigenvalue weighted by molar-refractivity contribution is 5.95. The second-order valence-electron chi connectivity index (χ2n) is 8.39. The van der Waals surface area contributed by atoms with Crippen LogP contribution in [0, 0.1) is 6.92 Å². The fourth-order valence-electron chi connectivity index (χ4n) is 4.14. The summed E-state index contributed by atoms with van der Waals surface area (Å²) in [5.41, 5.74) is 0.640. The van der Waals surface area contributed by atoms with Crippen molar-refractivity contribution in [1.82, 2.24) is 14.4 Å². The van der Waals surface area contributed by atoms with Gasteiger partial charge in [-0.2, -0.15) is 0 Å². The first kappa shape index (κ1) is 21.3. The van der Waals surface area contributed by atoms with E-state index in [1.807, 2.05) is 62.3 Å². The van der Waals surface area contributed by atoms with Crippen LogP contribution in [0.2, 0.25) is 0 Å². The highest BCUT2D eigenvalue weighted by atomic mass is 16.3. The van der Waals surface area contributed by atoms with Crippen molar-refractivity contribution in [2.24, 2.45) is 0 Å². The maximum Gasteiger partial charge on any atom is 0.263 e. The predicted octanol–water partition coefficient (Wildman–Crippen LogP) is 2.40. The minimum absolute atomic E-state index is 0.0332. The molecule has 29 heavy (non-hydrogen) atoms. The molecule has 0 saturated carbocycles. The Morgan fingerprint density at radius 1 is 1.17 bits per heavy atom. The number of aromatic nitrogens is 1. The topological polar surface area (TPSA) is 65.8 Å². The van der Waals surface area contributed by atoms with Crippen molar-refractivity contribution in [1.29, 1.82) is 0 Å². The lowest BCUT2D eigenvalue weighted by Gasteiger charge is -2.38. The lowest BCUT2D eigenvalue weighted by atomic mass is 9.84. The van der Waals surface area contributed by atoms with Crippen molar-refractivity contribution in [3.8, 4) is 0 Å². The maximum absolute atomic E-state index is 13.2. The van der Waals surface area contributed by atoms with Gasteiger partial charge in [0.25, 0.3) is 11.5 Å². The highest BCUT2D eigenvalue weighted by Crippen LogP contribution is 2.33. The quantitative estimate of drug-likeness (QED) is 0.841. The van der Waals surface area contributed by atoms with Gasteiger partial charge in [-0.1, -0.05) is 30.3 Å². The van der Waals surface area contributed by atoms with E-state index >= 15 is 0 Å². The van der Waals surface area contributed by atoms with Crippen LogP contribution in [0.5, 0.6) is 0 Å². The SMILES string of the molecule is Cc1ccn(C(C)CN(C)C)c(=O)c1C(=O)N1CCC(O)(c2ccccc2)CC1. The molecule has 2 aromatic rings. The van der Waals surface area contributed by atoms with Gasteiger partial charge >= 0.3 is 0 Å². The fraction of sp³-hybridized carbons (Fsp3) is 0.478. The first-order chi connectivity index (χ1) is 13.7. The Kier molecular flexibility index (Phi) is 6.24. The average molecular weight is 398 g/mol. The first-order valence-electron chi connectivity index (χ1n) is 10.2. The van der Waals surface area contributed by atoms with Gasteiger partial charge in [0, 0.05) is 31.9 Å². The van der Waals surface area contributed by atoms with Crippen LogP contribution in [-0.2, 0) is 5.60 Å². The van der Waals surface area contributed by atoms with Gasteiger partial charge in [0.15, 0.2) is 0 Å². The predicted molar refractivity (Wildman–Crippen MR) is 114 cm³/mol. The van der Waals surface area contributed by atoms with E-state index in [0.717, 1.165) is 5.56 Å². The molecule has 1 aromatic heterocycles. The van der Waals surface area contributed by atoms with E-state index in [2.05, 4.69) is 0 Å². The van der Waals surface area contributed by atoms with Crippen LogP contribution < -0.4 is 5.56 Å². The number of likely N-dealkylation sites (N-methyl/N-ethyl adjacent to an activating group) is 1. The van der Waals surface area contributed by atoms with Crippen LogP contribution in [0.3, 0.4) is 0 Å². The number of rotatable bonds is 5. The standard InChI is InChI=1S/C23H31N3O3/c1-17-10-13-26(18(2)16-24(3)4)22(28)20(17)21(27)25-14-11-23(29,12-15-25)19-8-6-5-7-9-19/h5-10,13,18,29H,11-12,14-16H2,1-4H3. The summed E-state index contributed by atoms with van der Waals surface area (Å²) in [4.78, 5) is 30.0. The number of likely N-dealkylation sites (tertiary alicyclic amines) is 1. The van der Waals surface area contributed by atoms with Crippen LogP contribution in [0.4, 0.5) is 0 Å². The average Bonchev–Trinajstić information content (AvgIpc) is 2.68. The summed E-state index contributed by atoms with van der Waals surface area (Å²) in [6.45, 7) is 5.34. The minimum Gasteiger partial charge on any atom is -0.385 e. The first-order valence-corrected chi connectivity index (χ1v) is 10.2. The number of piperidine rings is 1. The van der Waals surface area contributed by atoms with Crippen molar-refractivity contribution in [3.63, 3.8) is 0 Å². The molecule has 1 fully saturated rings. The third-order valence-electron chi connectivity index (χ3n) is 5.83. The molecule has 1 amide bonds. The molecule has 1 aromatic carbocycles. The van der Waals surface area contributed by atoms with Gasteiger partial charge in [0.1, 0.15) is 5.56 Å². The zero-order chi connectivity index (χ0) is 21.2. The Hall–Kier alpha value is -2.44. The van der Waals surface area contributed by atoms with Gasteiger partial charge in [-0.05, 0) is 58.0 Å². The number of aryl methyl sites for hydroxylation is 1.